The van der Waals surface area contributed by atoms with E-state index in [0.29, 0.717) is 18.2 Å². The zero-order valence-corrected chi connectivity index (χ0v) is 6.90. The van der Waals surface area contributed by atoms with Gasteiger partial charge in [-0.2, -0.15) is 0 Å². The van der Waals surface area contributed by atoms with Gasteiger partial charge in [-0.3, -0.25) is 0 Å². The van der Waals surface area contributed by atoms with Crippen LogP contribution in [0.15, 0.2) is 24.3 Å². The lowest BCUT2D eigenvalue weighted by Crippen LogP contribution is -2.34. The summed E-state index contributed by atoms with van der Waals surface area (Å²) < 4.78 is 4.41. The molecule has 0 amide bonds. The molecule has 0 aliphatic carbocycles. The highest BCUT2D eigenvalue weighted by Crippen LogP contribution is 2.03. The molecule has 0 saturated heterocycles. The van der Waals surface area contributed by atoms with Crippen LogP contribution in [0.3, 0.4) is 0 Å². The van der Waals surface area contributed by atoms with E-state index < -0.39 is 7.12 Å². The molecule has 61 valence electrons. The van der Waals surface area contributed by atoms with E-state index in [1.54, 1.807) is 24.3 Å². The van der Waals surface area contributed by atoms with E-state index in [4.69, 9.17) is 16.6 Å². The van der Waals surface area contributed by atoms with Crippen LogP contribution in [0.5, 0.6) is 0 Å². The maximum absolute atomic E-state index is 9.17. The van der Waals surface area contributed by atoms with Crippen molar-refractivity contribution in [3.8, 4) is 0 Å². The van der Waals surface area contributed by atoms with Gasteiger partial charge < -0.3 is 14.6 Å². The number of rotatable bonds is 3. The van der Waals surface area contributed by atoms with Crippen molar-refractivity contribution >= 4 is 31.9 Å². The molecule has 6 heteroatoms. The summed E-state index contributed by atoms with van der Waals surface area (Å²) in [6.45, 7) is 0. The average Bonchev–Trinajstić information content (AvgIpc) is 2.05. The zero-order valence-electron chi connectivity index (χ0n) is 6.14. The van der Waals surface area contributed by atoms with Crippen LogP contribution in [0, 0.1) is 0 Å². The summed E-state index contributed by atoms with van der Waals surface area (Å²) >= 11 is 5.65. The quantitative estimate of drug-likeness (QED) is 0.625. The highest BCUT2D eigenvalue weighted by molar-refractivity contribution is 6.64. The Morgan fingerprint density at radius 3 is 2.83 bits per heavy atom. The van der Waals surface area contributed by atoms with Crippen LogP contribution in [-0.4, -0.2) is 24.9 Å². The topological polar surface area (TPSA) is 49.7 Å². The molecule has 1 aromatic carbocycles. The fourth-order valence-electron chi connectivity index (χ4n) is 0.796. The van der Waals surface area contributed by atoms with E-state index in [0.717, 1.165) is 0 Å². The highest BCUT2D eigenvalue weighted by Gasteiger charge is 2.15. The molecule has 0 spiro atoms. The van der Waals surface area contributed by atoms with E-state index in [1.165, 1.54) is 0 Å². The van der Waals surface area contributed by atoms with Gasteiger partial charge in [0.05, 0.1) is 0 Å². The van der Waals surface area contributed by atoms with Crippen LogP contribution in [0.25, 0.3) is 0 Å². The first-order valence-corrected chi connectivity index (χ1v) is 3.66. The maximum Gasteiger partial charge on any atom is 0.477 e. The monoisotopic (exact) mass is 183 g/mol. The van der Waals surface area contributed by atoms with Crippen LogP contribution in [0.2, 0.25) is 5.02 Å². The lowest BCUT2D eigenvalue weighted by atomic mass is 9.78. The molecule has 0 aliphatic heterocycles. The van der Waals surface area contributed by atoms with Crippen LogP contribution in [0.4, 0.5) is 0 Å². The van der Waals surface area contributed by atoms with Crippen molar-refractivity contribution in [2.75, 3.05) is 0 Å². The van der Waals surface area contributed by atoms with Gasteiger partial charge >= 0.3 is 14.8 Å². The van der Waals surface area contributed by atoms with Gasteiger partial charge in [-0.25, -0.2) is 0 Å². The van der Waals surface area contributed by atoms with Gasteiger partial charge in [0.25, 0.3) is 0 Å². The number of hydrogen-bond acceptors (Lipinski definition) is 3. The minimum Gasteiger partial charge on any atom is -0.450 e. The Morgan fingerprint density at radius 2 is 2.25 bits per heavy atom. The van der Waals surface area contributed by atoms with Crippen molar-refractivity contribution in [2.24, 2.45) is 0 Å². The van der Waals surface area contributed by atoms with Gasteiger partial charge in [0, 0.05) is 5.02 Å². The molecule has 0 bridgehead atoms. The molecule has 0 aromatic heterocycles. The molecule has 0 atom stereocenters. The van der Waals surface area contributed by atoms with Crippen LogP contribution in [-0.2, 0) is 4.57 Å². The van der Waals surface area contributed by atoms with E-state index in [1.807, 2.05) is 0 Å². The Kier molecular flexibility index (Phi) is 3.62. The summed E-state index contributed by atoms with van der Waals surface area (Å²) in [5.41, 5.74) is 0.493. The van der Waals surface area contributed by atoms with Crippen LogP contribution in [0.1, 0.15) is 0 Å². The fraction of sp³-hybridized carbons (Fsp3) is 0. The highest BCUT2D eigenvalue weighted by atomic mass is 35.5. The lowest BCUT2D eigenvalue weighted by molar-refractivity contribution is 0.393. The van der Waals surface area contributed by atoms with E-state index in [-0.39, 0.29) is 0 Å². The summed E-state index contributed by atoms with van der Waals surface area (Å²) in [5, 5.41) is 17.9. The first kappa shape index (κ1) is 9.61. The predicted molar refractivity (Wildman–Crippen MR) is 48.1 cm³/mol. The van der Waals surface area contributed by atoms with Gasteiger partial charge in [-0.05, 0) is 17.6 Å². The van der Waals surface area contributed by atoms with Gasteiger partial charge in [0.1, 0.15) is 0 Å². The normalized spacial score (nSPS) is 9.58. The SMILES string of the molecule is O[B]OB(O)c1cccc(Cl)c1. The number of benzene rings is 1. The second-order valence-corrected chi connectivity index (χ2v) is 2.59. The lowest BCUT2D eigenvalue weighted by Gasteiger charge is -2.04. The number of halogens is 1. The summed E-state index contributed by atoms with van der Waals surface area (Å²) in [7, 11) is -0.736. The largest absolute Gasteiger partial charge is 0.477 e. The molecule has 2 N–H and O–H groups in total. The van der Waals surface area contributed by atoms with Gasteiger partial charge in [-0.15, -0.1) is 0 Å². The van der Waals surface area contributed by atoms with E-state index in [2.05, 4.69) is 4.57 Å². The molecular weight excluding hydrogens is 177 g/mol. The second-order valence-electron chi connectivity index (χ2n) is 2.15. The standard InChI is InChI=1S/C6H6B2ClO3/c9-6-3-1-2-5(4-6)8(11)12-7-10/h1-4,10-11H. The van der Waals surface area contributed by atoms with Crippen molar-refractivity contribution in [3.63, 3.8) is 0 Å². The molecule has 1 aromatic rings. The molecular formula is C6H6B2ClO3. The molecule has 0 heterocycles. The molecule has 1 rings (SSSR count). The van der Waals surface area contributed by atoms with Crippen molar-refractivity contribution in [1.82, 2.24) is 0 Å². The van der Waals surface area contributed by atoms with Crippen LogP contribution >= 0.6 is 11.6 Å². The molecule has 3 nitrogen and oxygen atoms in total. The summed E-state index contributed by atoms with van der Waals surface area (Å²) in [4.78, 5) is 0. The van der Waals surface area contributed by atoms with Crippen molar-refractivity contribution in [1.29, 1.82) is 0 Å². The van der Waals surface area contributed by atoms with Gasteiger partial charge in [-0.1, -0.05) is 23.7 Å². The minimum absolute atomic E-state index is 0.436. The molecule has 0 saturated carbocycles. The van der Waals surface area contributed by atoms with Crippen molar-refractivity contribution in [3.05, 3.63) is 29.3 Å². The minimum atomic E-state index is -1.17. The first-order chi connectivity index (χ1) is 5.74. The van der Waals surface area contributed by atoms with E-state index >= 15 is 0 Å². The molecule has 0 fully saturated rings. The van der Waals surface area contributed by atoms with E-state index in [9.17, 15) is 5.02 Å². The Hall–Kier alpha value is -0.480. The van der Waals surface area contributed by atoms with Crippen LogP contribution < -0.4 is 5.46 Å². The Labute approximate surface area is 76.4 Å². The average molecular weight is 183 g/mol. The summed E-state index contributed by atoms with van der Waals surface area (Å²) in [6.07, 6.45) is 0. The second kappa shape index (κ2) is 4.52. The van der Waals surface area contributed by atoms with Gasteiger partial charge in [0.2, 0.25) is 0 Å². The smallest absolute Gasteiger partial charge is 0.450 e. The zero-order chi connectivity index (χ0) is 8.97. The Balaban J connectivity index is 2.73. The third-order valence-corrected chi connectivity index (χ3v) is 1.56. The van der Waals surface area contributed by atoms with Crippen molar-refractivity contribution < 1.29 is 14.6 Å². The molecule has 1 radical (unpaired) electrons. The number of hydrogen-bond donors (Lipinski definition) is 2. The molecule has 0 unspecified atom stereocenters. The molecule has 0 aliphatic rings. The summed E-state index contributed by atoms with van der Waals surface area (Å²) in [6, 6.07) is 6.55. The first-order valence-electron chi connectivity index (χ1n) is 3.29. The Bertz CT molecular complexity index is 258. The summed E-state index contributed by atoms with van der Waals surface area (Å²) in [5.74, 6) is 0. The maximum atomic E-state index is 9.17. The van der Waals surface area contributed by atoms with Crippen molar-refractivity contribution in [2.45, 2.75) is 0 Å². The third-order valence-electron chi connectivity index (χ3n) is 1.32. The predicted octanol–water partition coefficient (Wildman–Crippen LogP) is -0.429. The molecule has 12 heavy (non-hydrogen) atoms. The Morgan fingerprint density at radius 1 is 1.50 bits per heavy atom. The fourth-order valence-corrected chi connectivity index (χ4v) is 0.995. The third kappa shape index (κ3) is 2.53. The van der Waals surface area contributed by atoms with Gasteiger partial charge in [0.15, 0.2) is 0 Å².